The van der Waals surface area contributed by atoms with E-state index in [1.165, 1.54) is 16.7 Å². The Morgan fingerprint density at radius 2 is 1.87 bits per heavy atom. The third kappa shape index (κ3) is 5.93. The molecular weight excluding hydrogens is 418 g/mol. The van der Waals surface area contributed by atoms with Crippen LogP contribution in [-0.4, -0.2) is 34.2 Å². The summed E-state index contributed by atoms with van der Waals surface area (Å²) in [6.45, 7) is 2.97. The van der Waals surface area contributed by atoms with Crippen LogP contribution in [0.5, 0.6) is 5.75 Å². The molecule has 1 aliphatic heterocycles. The zero-order valence-electron chi connectivity index (χ0n) is 16.7. The Kier molecular flexibility index (Phi) is 8.04. The molecule has 0 aliphatic carbocycles. The quantitative estimate of drug-likeness (QED) is 0.316. The van der Waals surface area contributed by atoms with Crippen LogP contribution in [0.3, 0.4) is 0 Å². The van der Waals surface area contributed by atoms with Gasteiger partial charge in [-0.05, 0) is 24.1 Å². The Morgan fingerprint density at radius 1 is 1.13 bits per heavy atom. The predicted molar refractivity (Wildman–Crippen MR) is 123 cm³/mol. The van der Waals surface area contributed by atoms with Crippen LogP contribution < -0.4 is 4.74 Å². The third-order valence-electron chi connectivity index (χ3n) is 4.32. The molecule has 0 bridgehead atoms. The molecule has 0 saturated carbocycles. The maximum absolute atomic E-state index is 12.8. The number of hydrogen-bond acceptors (Lipinski definition) is 6. The lowest BCUT2D eigenvalue weighted by Gasteiger charge is -2.13. The average molecular weight is 442 g/mol. The Bertz CT molecular complexity index is 943. The van der Waals surface area contributed by atoms with E-state index in [0.717, 1.165) is 17.5 Å². The van der Waals surface area contributed by atoms with Gasteiger partial charge in [-0.2, -0.15) is 0 Å². The minimum atomic E-state index is -0.325. The molecule has 0 spiro atoms. The van der Waals surface area contributed by atoms with Gasteiger partial charge in [0.05, 0.1) is 17.9 Å². The fourth-order valence-corrected chi connectivity index (χ4v) is 4.09. The molecule has 2 aromatic carbocycles. The number of carbonyl (C=O) groups is 2. The lowest BCUT2D eigenvalue weighted by Crippen LogP contribution is -2.30. The topological polar surface area (TPSA) is 55.8 Å². The zero-order chi connectivity index (χ0) is 21.3. The van der Waals surface area contributed by atoms with Crippen molar-refractivity contribution < 1.29 is 19.1 Å². The number of carbonyl (C=O) groups excluding carboxylic acids is 2. The molecule has 0 aromatic heterocycles. The Hall–Kier alpha value is -2.64. The molecule has 1 fully saturated rings. The summed E-state index contributed by atoms with van der Waals surface area (Å²) in [4.78, 5) is 26.5. The van der Waals surface area contributed by atoms with E-state index in [9.17, 15) is 9.59 Å². The van der Waals surface area contributed by atoms with E-state index < -0.39 is 0 Å². The number of thiocarbonyl (C=S) groups is 1. The van der Waals surface area contributed by atoms with E-state index in [1.54, 1.807) is 6.08 Å². The smallest absolute Gasteiger partial charge is 0.307 e. The highest BCUT2D eigenvalue weighted by molar-refractivity contribution is 8.26. The van der Waals surface area contributed by atoms with Crippen LogP contribution in [0.4, 0.5) is 0 Å². The number of esters is 1. The van der Waals surface area contributed by atoms with Crippen molar-refractivity contribution in [1.29, 1.82) is 0 Å². The molecular formula is C23H23NO4S2. The SMILES string of the molecule is CCCOC(=O)CCN1C(=O)/C(=C/c2ccccc2OCc2ccccc2)SC1=S. The number of amides is 1. The summed E-state index contributed by atoms with van der Waals surface area (Å²) < 4.78 is 11.5. The molecule has 5 nitrogen and oxygen atoms in total. The molecule has 1 heterocycles. The van der Waals surface area contributed by atoms with Crippen LogP contribution in [0, 0.1) is 0 Å². The molecule has 156 valence electrons. The second-order valence-electron chi connectivity index (χ2n) is 6.62. The first kappa shape index (κ1) is 22.1. The van der Waals surface area contributed by atoms with Gasteiger partial charge in [0, 0.05) is 12.1 Å². The van der Waals surface area contributed by atoms with Crippen molar-refractivity contribution in [2.45, 2.75) is 26.4 Å². The van der Waals surface area contributed by atoms with Crippen LogP contribution in [0.1, 0.15) is 30.9 Å². The number of thioether (sulfide) groups is 1. The maximum Gasteiger partial charge on any atom is 0.307 e. The van der Waals surface area contributed by atoms with Gasteiger partial charge in [-0.15, -0.1) is 0 Å². The fraction of sp³-hybridized carbons (Fsp3) is 0.261. The molecule has 0 atom stereocenters. The lowest BCUT2D eigenvalue weighted by molar-refractivity contribution is -0.143. The normalized spacial score (nSPS) is 15.0. The van der Waals surface area contributed by atoms with Crippen molar-refractivity contribution in [2.24, 2.45) is 0 Å². The van der Waals surface area contributed by atoms with Gasteiger partial charge < -0.3 is 9.47 Å². The molecule has 1 saturated heterocycles. The lowest BCUT2D eigenvalue weighted by atomic mass is 10.1. The minimum Gasteiger partial charge on any atom is -0.488 e. The number of benzene rings is 2. The molecule has 1 amide bonds. The number of para-hydroxylation sites is 1. The van der Waals surface area contributed by atoms with Gasteiger partial charge in [0.2, 0.25) is 0 Å². The van der Waals surface area contributed by atoms with Crippen molar-refractivity contribution in [1.82, 2.24) is 4.90 Å². The van der Waals surface area contributed by atoms with E-state index in [-0.39, 0.29) is 24.8 Å². The molecule has 1 aliphatic rings. The van der Waals surface area contributed by atoms with E-state index in [0.29, 0.717) is 28.2 Å². The van der Waals surface area contributed by atoms with Crippen LogP contribution in [0.2, 0.25) is 0 Å². The Balaban J connectivity index is 1.67. The maximum atomic E-state index is 12.8. The largest absolute Gasteiger partial charge is 0.488 e. The molecule has 2 aromatic rings. The molecule has 7 heteroatoms. The predicted octanol–water partition coefficient (Wildman–Crippen LogP) is 4.81. The van der Waals surface area contributed by atoms with Crippen molar-refractivity contribution >= 4 is 46.3 Å². The number of nitrogens with zero attached hydrogens (tertiary/aromatic N) is 1. The summed E-state index contributed by atoms with van der Waals surface area (Å²) in [5.74, 6) is 0.162. The monoisotopic (exact) mass is 441 g/mol. The molecule has 0 N–H and O–H groups in total. The van der Waals surface area contributed by atoms with Crippen LogP contribution >= 0.6 is 24.0 Å². The van der Waals surface area contributed by atoms with E-state index in [2.05, 4.69) is 0 Å². The minimum absolute atomic E-state index is 0.122. The number of hydrogen-bond donors (Lipinski definition) is 0. The van der Waals surface area contributed by atoms with Crippen molar-refractivity contribution in [2.75, 3.05) is 13.2 Å². The average Bonchev–Trinajstić information content (AvgIpc) is 3.03. The van der Waals surface area contributed by atoms with E-state index in [4.69, 9.17) is 21.7 Å². The van der Waals surface area contributed by atoms with Gasteiger partial charge in [0.1, 0.15) is 16.7 Å². The van der Waals surface area contributed by atoms with Gasteiger partial charge in [0.25, 0.3) is 5.91 Å². The van der Waals surface area contributed by atoms with Gasteiger partial charge in [-0.3, -0.25) is 14.5 Å². The Morgan fingerprint density at radius 3 is 2.63 bits per heavy atom. The molecule has 3 rings (SSSR count). The van der Waals surface area contributed by atoms with E-state index in [1.807, 2.05) is 61.5 Å². The highest BCUT2D eigenvalue weighted by Crippen LogP contribution is 2.34. The van der Waals surface area contributed by atoms with Crippen LogP contribution in [0.25, 0.3) is 6.08 Å². The van der Waals surface area contributed by atoms with Crippen molar-refractivity contribution in [3.8, 4) is 5.75 Å². The summed E-state index contributed by atoms with van der Waals surface area (Å²) in [6.07, 6.45) is 2.67. The Labute approximate surface area is 186 Å². The highest BCUT2D eigenvalue weighted by Gasteiger charge is 2.32. The van der Waals surface area contributed by atoms with Crippen molar-refractivity contribution in [3.05, 3.63) is 70.6 Å². The first-order chi connectivity index (χ1) is 14.6. The second kappa shape index (κ2) is 10.9. The first-order valence-corrected chi connectivity index (χ1v) is 11.0. The number of ether oxygens (including phenoxy) is 2. The first-order valence-electron chi connectivity index (χ1n) is 9.75. The zero-order valence-corrected chi connectivity index (χ0v) is 18.3. The fourth-order valence-electron chi connectivity index (χ4n) is 2.79. The summed E-state index contributed by atoms with van der Waals surface area (Å²) in [6, 6.07) is 17.5. The third-order valence-corrected chi connectivity index (χ3v) is 5.70. The number of rotatable bonds is 9. The van der Waals surface area contributed by atoms with Crippen molar-refractivity contribution in [3.63, 3.8) is 0 Å². The van der Waals surface area contributed by atoms with E-state index >= 15 is 0 Å². The van der Waals surface area contributed by atoms with Gasteiger partial charge >= 0.3 is 5.97 Å². The second-order valence-corrected chi connectivity index (χ2v) is 8.29. The molecule has 30 heavy (non-hydrogen) atoms. The highest BCUT2D eigenvalue weighted by atomic mass is 32.2. The molecule has 0 unspecified atom stereocenters. The van der Waals surface area contributed by atoms with Crippen LogP contribution in [0.15, 0.2) is 59.5 Å². The summed E-state index contributed by atoms with van der Waals surface area (Å²) in [5, 5.41) is 0. The standard InChI is InChI=1S/C23H23NO4S2/c1-2-14-27-21(25)12-13-24-22(26)20(30-23(24)29)15-18-10-6-7-11-19(18)28-16-17-8-4-3-5-9-17/h3-11,15H,2,12-14,16H2,1H3/b20-15-. The molecule has 0 radical (unpaired) electrons. The van der Waals surface area contributed by atoms with Gasteiger partial charge in [-0.25, -0.2) is 0 Å². The van der Waals surface area contributed by atoms with Crippen LogP contribution in [-0.2, 0) is 20.9 Å². The van der Waals surface area contributed by atoms with Gasteiger partial charge in [0.15, 0.2) is 0 Å². The summed E-state index contributed by atoms with van der Waals surface area (Å²) in [5.41, 5.74) is 1.87. The summed E-state index contributed by atoms with van der Waals surface area (Å²) in [7, 11) is 0. The van der Waals surface area contributed by atoms with Gasteiger partial charge in [-0.1, -0.05) is 79.4 Å². The summed E-state index contributed by atoms with van der Waals surface area (Å²) >= 11 is 6.57.